The first kappa shape index (κ1) is 16.7. The zero-order valence-electron chi connectivity index (χ0n) is 14.9. The van der Waals surface area contributed by atoms with Gasteiger partial charge in [0, 0.05) is 30.2 Å². The van der Waals surface area contributed by atoms with Gasteiger partial charge < -0.3 is 14.2 Å². The van der Waals surface area contributed by atoms with Crippen molar-refractivity contribution in [2.75, 3.05) is 5.33 Å². The number of halogens is 1. The Morgan fingerprint density at radius 2 is 1.88 bits per heavy atom. The molecule has 1 aromatic carbocycles. The zero-order chi connectivity index (χ0) is 16.9. The van der Waals surface area contributed by atoms with Crippen LogP contribution in [0.15, 0.2) is 12.1 Å². The van der Waals surface area contributed by atoms with Crippen LogP contribution < -0.4 is 9.47 Å². The summed E-state index contributed by atoms with van der Waals surface area (Å²) in [5.41, 5.74) is 2.65. The maximum atomic E-state index is 6.49. The number of hydrogen-bond donors (Lipinski definition) is 0. The van der Waals surface area contributed by atoms with Gasteiger partial charge in [0.15, 0.2) is 11.5 Å². The van der Waals surface area contributed by atoms with Crippen LogP contribution in [0.1, 0.15) is 70.1 Å². The summed E-state index contributed by atoms with van der Waals surface area (Å²) in [4.78, 5) is 0. The van der Waals surface area contributed by atoms with Crippen molar-refractivity contribution in [3.63, 3.8) is 0 Å². The van der Waals surface area contributed by atoms with E-state index in [1.165, 1.54) is 30.4 Å². The average Bonchev–Trinajstić information content (AvgIpc) is 2.91. The van der Waals surface area contributed by atoms with E-state index in [9.17, 15) is 0 Å². The van der Waals surface area contributed by atoms with Gasteiger partial charge in [0.2, 0.25) is 0 Å². The Bertz CT molecular complexity index is 629. The molecule has 1 saturated carbocycles. The minimum atomic E-state index is -0.408. The molecule has 1 aromatic rings. The van der Waals surface area contributed by atoms with Crippen molar-refractivity contribution in [3.8, 4) is 11.5 Å². The maximum Gasteiger partial charge on any atom is 0.251 e. The predicted octanol–water partition coefficient (Wildman–Crippen LogP) is 5.54. The molecular weight excluding hydrogens is 368 g/mol. The van der Waals surface area contributed by atoms with Crippen LogP contribution in [-0.4, -0.2) is 17.2 Å². The monoisotopic (exact) mass is 394 g/mol. The van der Waals surface area contributed by atoms with E-state index in [0.29, 0.717) is 0 Å². The van der Waals surface area contributed by atoms with Gasteiger partial charge >= 0.3 is 0 Å². The second-order valence-corrected chi connectivity index (χ2v) is 9.12. The molecule has 3 aliphatic rings. The third-order valence-corrected chi connectivity index (χ3v) is 6.22. The predicted molar refractivity (Wildman–Crippen MR) is 98.1 cm³/mol. The molecule has 4 heteroatoms. The number of rotatable bonds is 1. The Labute approximate surface area is 153 Å². The van der Waals surface area contributed by atoms with E-state index in [1.807, 2.05) is 0 Å². The van der Waals surface area contributed by atoms with Crippen molar-refractivity contribution in [3.05, 3.63) is 23.3 Å². The summed E-state index contributed by atoms with van der Waals surface area (Å²) in [6, 6.07) is 4.25. The fourth-order valence-electron chi connectivity index (χ4n) is 4.16. The highest BCUT2D eigenvalue weighted by molar-refractivity contribution is 9.09. The molecule has 24 heavy (non-hydrogen) atoms. The van der Waals surface area contributed by atoms with Crippen molar-refractivity contribution >= 4 is 15.9 Å². The molecule has 1 fully saturated rings. The molecule has 3 nitrogen and oxygen atoms in total. The van der Waals surface area contributed by atoms with E-state index >= 15 is 0 Å². The van der Waals surface area contributed by atoms with Crippen LogP contribution in [0.3, 0.4) is 0 Å². The van der Waals surface area contributed by atoms with Gasteiger partial charge in [0.1, 0.15) is 0 Å². The molecule has 2 aliphatic heterocycles. The summed E-state index contributed by atoms with van der Waals surface area (Å²) in [6.07, 6.45) is 6.82. The smallest absolute Gasteiger partial charge is 0.251 e. The lowest BCUT2D eigenvalue weighted by Crippen LogP contribution is -2.40. The maximum absolute atomic E-state index is 6.49. The Balaban J connectivity index is 1.72. The lowest BCUT2D eigenvalue weighted by molar-refractivity contribution is -0.106. The van der Waals surface area contributed by atoms with E-state index in [2.05, 4.69) is 48.8 Å². The number of alkyl halides is 1. The fourth-order valence-corrected chi connectivity index (χ4v) is 4.66. The van der Waals surface area contributed by atoms with Crippen LogP contribution in [0.2, 0.25) is 0 Å². The summed E-state index contributed by atoms with van der Waals surface area (Å²) in [5.74, 6) is 1.51. The molecule has 1 aliphatic carbocycles. The van der Waals surface area contributed by atoms with Crippen LogP contribution in [-0.2, 0) is 11.2 Å². The summed E-state index contributed by atoms with van der Waals surface area (Å²) < 4.78 is 19.2. The Hall–Kier alpha value is -0.740. The van der Waals surface area contributed by atoms with Gasteiger partial charge in [0.05, 0.1) is 12.2 Å². The number of fused-ring (bicyclic) bond motifs is 3. The average molecular weight is 395 g/mol. The first-order chi connectivity index (χ1) is 11.4. The highest BCUT2D eigenvalue weighted by atomic mass is 79.9. The van der Waals surface area contributed by atoms with Gasteiger partial charge in [0.25, 0.3) is 5.79 Å². The first-order valence-electron chi connectivity index (χ1n) is 9.17. The molecular formula is C20H27BrO3. The molecule has 0 radical (unpaired) electrons. The second kappa shape index (κ2) is 5.91. The van der Waals surface area contributed by atoms with Crippen molar-refractivity contribution in [1.29, 1.82) is 0 Å². The molecule has 0 bridgehead atoms. The number of hydrogen-bond acceptors (Lipinski definition) is 3. The normalized spacial score (nSPS) is 28.0. The summed E-state index contributed by atoms with van der Waals surface area (Å²) in [6.45, 7) is 6.74. The molecule has 2 heterocycles. The summed E-state index contributed by atoms with van der Waals surface area (Å²) >= 11 is 3.63. The fraction of sp³-hybridized carbons (Fsp3) is 0.700. The van der Waals surface area contributed by atoms with Gasteiger partial charge in [-0.25, -0.2) is 0 Å². The molecule has 0 N–H and O–H groups in total. The van der Waals surface area contributed by atoms with E-state index in [0.717, 1.165) is 36.1 Å². The molecule has 132 valence electrons. The molecule has 0 aromatic heterocycles. The highest BCUT2D eigenvalue weighted by Crippen LogP contribution is 2.51. The quantitative estimate of drug-likeness (QED) is 0.585. The lowest BCUT2D eigenvalue weighted by Gasteiger charge is -2.39. The second-order valence-electron chi connectivity index (χ2n) is 8.47. The largest absolute Gasteiger partial charge is 0.448 e. The molecule has 0 saturated heterocycles. The molecule has 4 rings (SSSR count). The van der Waals surface area contributed by atoms with Crippen molar-refractivity contribution in [2.24, 2.45) is 5.41 Å². The Kier molecular flexibility index (Phi) is 4.12. The molecule has 2 atom stereocenters. The first-order valence-corrected chi connectivity index (χ1v) is 10.3. The van der Waals surface area contributed by atoms with Crippen LogP contribution in [0.4, 0.5) is 0 Å². The minimum Gasteiger partial charge on any atom is -0.448 e. The zero-order valence-corrected chi connectivity index (χ0v) is 16.4. The van der Waals surface area contributed by atoms with Gasteiger partial charge in [-0.05, 0) is 29.9 Å². The molecule has 1 spiro atoms. The molecule has 2 unspecified atom stereocenters. The topological polar surface area (TPSA) is 27.7 Å². The lowest BCUT2D eigenvalue weighted by atomic mass is 9.81. The van der Waals surface area contributed by atoms with Crippen LogP contribution >= 0.6 is 15.9 Å². The van der Waals surface area contributed by atoms with Crippen molar-refractivity contribution in [2.45, 2.75) is 77.3 Å². The van der Waals surface area contributed by atoms with Gasteiger partial charge in [-0.3, -0.25) is 0 Å². The van der Waals surface area contributed by atoms with E-state index < -0.39 is 5.79 Å². The van der Waals surface area contributed by atoms with Gasteiger partial charge in [-0.2, -0.15) is 0 Å². The van der Waals surface area contributed by atoms with Crippen LogP contribution in [0.5, 0.6) is 11.5 Å². The Morgan fingerprint density at radius 1 is 1.12 bits per heavy atom. The van der Waals surface area contributed by atoms with Gasteiger partial charge in [-0.15, -0.1) is 0 Å². The van der Waals surface area contributed by atoms with E-state index in [4.69, 9.17) is 14.2 Å². The molecule has 0 amide bonds. The van der Waals surface area contributed by atoms with E-state index in [-0.39, 0.29) is 17.6 Å². The van der Waals surface area contributed by atoms with Crippen LogP contribution in [0.25, 0.3) is 0 Å². The third kappa shape index (κ3) is 2.76. The van der Waals surface area contributed by atoms with E-state index in [1.54, 1.807) is 0 Å². The summed E-state index contributed by atoms with van der Waals surface area (Å²) in [5, 5.41) is 0.803. The van der Waals surface area contributed by atoms with Crippen LogP contribution in [0, 0.1) is 5.41 Å². The number of ether oxygens (including phenoxy) is 3. The SMILES string of the molecule is CC(C)(C)C1Cc2c(ccc3c2OC2(CCCCC2)O3)C(CBr)O1. The van der Waals surface area contributed by atoms with Crippen molar-refractivity contribution in [1.82, 2.24) is 0 Å². The Morgan fingerprint density at radius 3 is 2.54 bits per heavy atom. The summed E-state index contributed by atoms with van der Waals surface area (Å²) in [7, 11) is 0. The third-order valence-electron chi connectivity index (χ3n) is 5.63. The van der Waals surface area contributed by atoms with Gasteiger partial charge in [-0.1, -0.05) is 49.2 Å². The minimum absolute atomic E-state index is 0.0785. The standard InChI is InChI=1S/C20H27BrO3/c1-19(2,3)17-11-14-13(16(12-21)22-17)7-8-15-18(14)24-20(23-15)9-5-4-6-10-20/h7-8,16-17H,4-6,9-12H2,1-3H3. The van der Waals surface area contributed by atoms with Crippen molar-refractivity contribution < 1.29 is 14.2 Å². The highest BCUT2D eigenvalue weighted by Gasteiger charge is 2.45. The number of benzene rings is 1.